The molecule has 248 valence electrons. The molecule has 0 saturated carbocycles. The monoisotopic (exact) mass is 717 g/mol. The number of anilines is 1. The molecule has 8 rings (SSSR count). The summed E-state index contributed by atoms with van der Waals surface area (Å²) >= 11 is 5.19. The third kappa shape index (κ3) is 6.00. The molecule has 0 aliphatic carbocycles. The van der Waals surface area contributed by atoms with Crippen LogP contribution >= 0.6 is 46.2 Å². The Labute approximate surface area is 286 Å². The molecule has 2 amide bonds. The molecule has 2 atom stereocenters. The summed E-state index contributed by atoms with van der Waals surface area (Å²) in [5, 5.41) is 29.4. The summed E-state index contributed by atoms with van der Waals surface area (Å²) in [6.07, 6.45) is 0. The van der Waals surface area contributed by atoms with Gasteiger partial charge in [0.15, 0.2) is 15.2 Å². The lowest BCUT2D eigenvalue weighted by Crippen LogP contribution is -2.74. The molecule has 2 bridgehead atoms. The lowest BCUT2D eigenvalue weighted by molar-refractivity contribution is -1.09. The van der Waals surface area contributed by atoms with Gasteiger partial charge in [-0.05, 0) is 12.1 Å². The molecule has 4 saturated heterocycles. The molecule has 5 aliphatic heterocycles. The van der Waals surface area contributed by atoms with E-state index < -0.39 is 29.2 Å². The van der Waals surface area contributed by atoms with Gasteiger partial charge in [0.2, 0.25) is 0 Å². The molecule has 14 nitrogen and oxygen atoms in total. The number of aliphatic hydroxyl groups is 1. The fourth-order valence-electron chi connectivity index (χ4n) is 6.88. The average molecular weight is 718 g/mol. The number of hydrogen-bond donors (Lipinski definition) is 3. The molecule has 47 heavy (non-hydrogen) atoms. The molecule has 0 spiro atoms. The van der Waals surface area contributed by atoms with Crippen LogP contribution in [0.4, 0.5) is 5.13 Å². The lowest BCUT2D eigenvalue weighted by atomic mass is 10.0. The number of quaternary nitrogens is 2. The second kappa shape index (κ2) is 12.6. The van der Waals surface area contributed by atoms with Crippen LogP contribution in [0.5, 0.6) is 0 Å². The van der Waals surface area contributed by atoms with Crippen LogP contribution < -0.4 is 16.2 Å². The number of nitrogen functional groups attached to an aromatic ring is 1. The van der Waals surface area contributed by atoms with Gasteiger partial charge in [-0.2, -0.15) is 0 Å². The maximum Gasteiger partial charge on any atom is 0.276 e. The summed E-state index contributed by atoms with van der Waals surface area (Å²) in [6.45, 7) is 8.67. The third-order valence-electron chi connectivity index (χ3n) is 9.46. The second-order valence-electron chi connectivity index (χ2n) is 12.1. The molecule has 1 aromatic carbocycles. The first-order chi connectivity index (χ1) is 22.6. The Hall–Kier alpha value is -3.26. The van der Waals surface area contributed by atoms with E-state index in [0.29, 0.717) is 15.0 Å². The molecule has 2 unspecified atom stereocenters. The number of nitrogens with two attached hydrogens (primary N) is 1. The topological polar surface area (TPSA) is 183 Å². The van der Waals surface area contributed by atoms with Crippen molar-refractivity contribution in [3.8, 4) is 0 Å². The number of aliphatic carboxylic acids is 1. The predicted molar refractivity (Wildman–Crippen MR) is 178 cm³/mol. The fourth-order valence-corrected chi connectivity index (χ4v) is 11.1. The van der Waals surface area contributed by atoms with Crippen LogP contribution in [0.3, 0.4) is 0 Å². The minimum absolute atomic E-state index is 0.145. The molecular weight excluding hydrogens is 685 g/mol. The highest BCUT2D eigenvalue weighted by molar-refractivity contribution is 8.07. The molecular formula is C29H33N8O6S4+. The smallest absolute Gasteiger partial charge is 0.276 e. The van der Waals surface area contributed by atoms with Gasteiger partial charge in [0.25, 0.3) is 11.8 Å². The van der Waals surface area contributed by atoms with Crippen molar-refractivity contribution in [2.75, 3.05) is 71.0 Å². The summed E-state index contributed by atoms with van der Waals surface area (Å²) in [4.78, 5) is 54.0. The van der Waals surface area contributed by atoms with E-state index in [9.17, 15) is 24.6 Å². The maximum absolute atomic E-state index is 13.2. The van der Waals surface area contributed by atoms with Gasteiger partial charge in [-0.25, -0.2) is 9.97 Å². The number of aromatic nitrogens is 2. The van der Waals surface area contributed by atoms with E-state index in [2.05, 4.69) is 33.7 Å². The standard InChI is InChI=1S/C29H32N8O6S4/c1-43-34-21(18-14-45-28(30)31-18)24(39)33-22-25(40)35-23(27(41)42)20(15-44-26(22)35)47-29-32-17-12-16(2-3-19(17)46-29)13-37-7-4-36(5-8-37,6-9-37)10-11-38/h2-3,12,14,22,26,38H,4-11,13,15H2,1H3,(H2-2,30,31,33,39,41,42)/p+1. The zero-order valence-electron chi connectivity index (χ0n) is 25.4. The Bertz CT molecular complexity index is 1800. The largest absolute Gasteiger partial charge is 0.543 e. The van der Waals surface area contributed by atoms with E-state index in [4.69, 9.17) is 15.6 Å². The summed E-state index contributed by atoms with van der Waals surface area (Å²) < 4.78 is 3.78. The zero-order chi connectivity index (χ0) is 32.9. The van der Waals surface area contributed by atoms with E-state index in [1.54, 1.807) is 5.38 Å². The number of thioether (sulfide) groups is 2. The van der Waals surface area contributed by atoms with Crippen molar-refractivity contribution in [2.45, 2.75) is 22.3 Å². The number of aliphatic hydroxyl groups excluding tert-OH is 1. The zero-order valence-corrected chi connectivity index (χ0v) is 28.7. The third-order valence-corrected chi connectivity index (χ3v) is 13.8. The predicted octanol–water partition coefficient (Wildman–Crippen LogP) is -0.00770. The van der Waals surface area contributed by atoms with Crippen LogP contribution in [0, 0.1) is 0 Å². The van der Waals surface area contributed by atoms with E-state index in [-0.39, 0.29) is 28.8 Å². The highest BCUT2D eigenvalue weighted by Crippen LogP contribution is 2.46. The van der Waals surface area contributed by atoms with Crippen LogP contribution in [-0.4, -0.2) is 129 Å². The summed E-state index contributed by atoms with van der Waals surface area (Å²) in [5.74, 6) is -2.42. The minimum Gasteiger partial charge on any atom is -0.543 e. The Morgan fingerprint density at radius 3 is 2.62 bits per heavy atom. The second-order valence-corrected chi connectivity index (χ2v) is 16.5. The number of carboxylic acids is 1. The van der Waals surface area contributed by atoms with Gasteiger partial charge in [0.05, 0.1) is 28.5 Å². The summed E-state index contributed by atoms with van der Waals surface area (Å²) in [5.41, 5.74) is 7.64. The van der Waals surface area contributed by atoms with Crippen molar-refractivity contribution in [2.24, 2.45) is 5.16 Å². The van der Waals surface area contributed by atoms with Crippen LogP contribution in [-0.2, 0) is 25.8 Å². The van der Waals surface area contributed by atoms with E-state index in [1.807, 2.05) is 0 Å². The van der Waals surface area contributed by atoms with Crippen molar-refractivity contribution < 1.29 is 38.4 Å². The Balaban J connectivity index is 1.05. The van der Waals surface area contributed by atoms with Crippen molar-refractivity contribution in [1.82, 2.24) is 20.2 Å². The molecule has 0 radical (unpaired) electrons. The average Bonchev–Trinajstić information content (AvgIpc) is 3.67. The van der Waals surface area contributed by atoms with Gasteiger partial charge in [-0.3, -0.25) is 14.5 Å². The number of benzene rings is 1. The quantitative estimate of drug-likeness (QED) is 0.105. The molecule has 4 fully saturated rings. The number of carbonyl (C=O) groups is 3. The molecule has 18 heteroatoms. The highest BCUT2D eigenvalue weighted by Gasteiger charge is 2.53. The van der Waals surface area contributed by atoms with E-state index >= 15 is 0 Å². The van der Waals surface area contributed by atoms with E-state index in [1.165, 1.54) is 52.4 Å². The van der Waals surface area contributed by atoms with Crippen molar-refractivity contribution in [3.05, 3.63) is 45.4 Å². The molecule has 4 N–H and O–H groups in total. The first-order valence-corrected chi connectivity index (χ1v) is 18.6. The van der Waals surface area contributed by atoms with Crippen LogP contribution in [0.2, 0.25) is 0 Å². The number of fused-ring (bicyclic) bond motifs is 5. The number of nitrogens with one attached hydrogen (secondary N) is 1. The fraction of sp³-hybridized carbons (Fsp3) is 0.448. The number of carbonyl (C=O) groups excluding carboxylic acids is 3. The number of nitrogens with zero attached hydrogens (tertiary/aromatic N) is 6. The van der Waals surface area contributed by atoms with Gasteiger partial charge in [0.1, 0.15) is 76.6 Å². The summed E-state index contributed by atoms with van der Waals surface area (Å²) in [6, 6.07) is 5.41. The number of piperazine rings is 3. The first kappa shape index (κ1) is 32.3. The number of hydrogen-bond acceptors (Lipinski definition) is 14. The van der Waals surface area contributed by atoms with Crippen molar-refractivity contribution in [1.29, 1.82) is 0 Å². The Morgan fingerprint density at radius 2 is 1.96 bits per heavy atom. The SMILES string of the molecule is CON=C(C(=O)NC1C(=O)N2C(C(=O)[O-])=C(Sc3nc4cc(C[N+]56CC[N+](CCO)(CC5)CC6)ccc4s3)CSC12)c1csc(N)n1. The number of rotatable bonds is 11. The lowest BCUT2D eigenvalue weighted by Gasteiger charge is -2.55. The van der Waals surface area contributed by atoms with Crippen LogP contribution in [0.1, 0.15) is 11.3 Å². The van der Waals surface area contributed by atoms with E-state index in [0.717, 1.165) is 82.9 Å². The number of carboxylic acid groups (broad SMARTS) is 1. The van der Waals surface area contributed by atoms with Gasteiger partial charge in [-0.15, -0.1) is 34.4 Å². The maximum atomic E-state index is 13.2. The summed E-state index contributed by atoms with van der Waals surface area (Å²) in [7, 11) is 1.28. The van der Waals surface area contributed by atoms with Crippen molar-refractivity contribution >= 4 is 85.0 Å². The molecule has 7 heterocycles. The number of oxime groups is 1. The van der Waals surface area contributed by atoms with Gasteiger partial charge >= 0.3 is 0 Å². The molecule has 3 aromatic rings. The van der Waals surface area contributed by atoms with Crippen molar-refractivity contribution in [3.63, 3.8) is 0 Å². The minimum atomic E-state index is -1.46. The van der Waals surface area contributed by atoms with Gasteiger partial charge in [0, 0.05) is 21.6 Å². The Kier molecular flexibility index (Phi) is 8.69. The van der Waals surface area contributed by atoms with Crippen LogP contribution in [0.15, 0.2) is 43.7 Å². The molecule has 2 aromatic heterocycles. The molecule has 5 aliphatic rings. The normalized spacial score (nSPS) is 27.1. The Morgan fingerprint density at radius 1 is 1.21 bits per heavy atom. The number of thiazole rings is 2. The van der Waals surface area contributed by atoms with Gasteiger partial charge in [-0.1, -0.05) is 23.0 Å². The van der Waals surface area contributed by atoms with Gasteiger partial charge < -0.3 is 39.9 Å². The van der Waals surface area contributed by atoms with Crippen LogP contribution in [0.25, 0.3) is 10.2 Å². The number of amides is 2. The first-order valence-electron chi connectivity index (χ1n) is 15.0. The highest BCUT2D eigenvalue weighted by atomic mass is 32.2. The number of β-lactam (4-membered cyclic amide) rings is 1.